The third kappa shape index (κ3) is 3.51. The van der Waals surface area contributed by atoms with Gasteiger partial charge in [-0.2, -0.15) is 0 Å². The second-order valence-corrected chi connectivity index (χ2v) is 7.77. The number of hydrogen-bond donors (Lipinski definition) is 0. The molecule has 2 aliphatic rings. The lowest BCUT2D eigenvalue weighted by Gasteiger charge is -2.36. The first kappa shape index (κ1) is 20.6. The highest BCUT2D eigenvalue weighted by Crippen LogP contribution is 2.35. The largest absolute Gasteiger partial charge is 0.378 e. The van der Waals surface area contributed by atoms with E-state index >= 15 is 0 Å². The molecule has 1 heterocycles. The van der Waals surface area contributed by atoms with Crippen LogP contribution < -0.4 is 4.90 Å². The Morgan fingerprint density at radius 3 is 2.20 bits per heavy atom. The van der Waals surface area contributed by atoms with Gasteiger partial charge in [0.25, 0.3) is 0 Å². The van der Waals surface area contributed by atoms with E-state index in [4.69, 9.17) is 27.9 Å². The molecule has 0 N–H and O–H groups in total. The molecule has 4 rings (SSSR count). The van der Waals surface area contributed by atoms with Crippen LogP contribution in [0.15, 0.2) is 53.9 Å². The minimum atomic E-state index is -0.422. The van der Waals surface area contributed by atoms with Crippen molar-refractivity contribution in [2.45, 2.75) is 6.92 Å². The Bertz CT molecular complexity index is 1090. The van der Waals surface area contributed by atoms with E-state index in [0.717, 1.165) is 0 Å². The van der Waals surface area contributed by atoms with Crippen LogP contribution in [0.5, 0.6) is 0 Å². The lowest BCUT2D eigenvalue weighted by molar-refractivity contribution is -0.116. The zero-order chi connectivity index (χ0) is 21.4. The number of Topliss-reactive ketones (excluding diaryl/α,β-unsaturated/α-hetero) is 2. The number of amides is 1. The number of ether oxygens (including phenoxy) is 1. The Kier molecular flexibility index (Phi) is 5.64. The van der Waals surface area contributed by atoms with E-state index in [1.165, 1.54) is 17.9 Å². The number of anilines is 1. The van der Waals surface area contributed by atoms with Gasteiger partial charge < -0.3 is 9.64 Å². The van der Waals surface area contributed by atoms with Crippen molar-refractivity contribution >= 4 is 46.4 Å². The topological polar surface area (TPSA) is 66.9 Å². The van der Waals surface area contributed by atoms with E-state index in [-0.39, 0.29) is 27.8 Å². The molecule has 0 aromatic heterocycles. The van der Waals surface area contributed by atoms with Gasteiger partial charge in [-0.3, -0.25) is 19.3 Å². The fraction of sp³-hybridized carbons (Fsp3) is 0.227. The summed E-state index contributed by atoms with van der Waals surface area (Å²) in [5.41, 5.74) is 1.17. The first-order valence-electron chi connectivity index (χ1n) is 9.41. The third-order valence-electron chi connectivity index (χ3n) is 5.10. The molecule has 0 bridgehead atoms. The third-order valence-corrected chi connectivity index (χ3v) is 5.84. The summed E-state index contributed by atoms with van der Waals surface area (Å²) in [5, 5.41) is 0.562. The lowest BCUT2D eigenvalue weighted by atomic mass is 9.88. The molecule has 0 unspecified atom stereocenters. The van der Waals surface area contributed by atoms with Crippen molar-refractivity contribution in [3.63, 3.8) is 0 Å². The van der Waals surface area contributed by atoms with Crippen LogP contribution in [0.4, 0.5) is 5.69 Å². The van der Waals surface area contributed by atoms with Gasteiger partial charge >= 0.3 is 0 Å². The lowest BCUT2D eigenvalue weighted by Crippen LogP contribution is -2.45. The SMILES string of the molecule is CC(=O)N(C1=C(N2CCOCC2)C(=O)c2ccccc2C1=O)c1ccc(Cl)c(Cl)c1. The van der Waals surface area contributed by atoms with E-state index in [1.54, 1.807) is 36.4 Å². The van der Waals surface area contributed by atoms with Crippen LogP contribution in [0, 0.1) is 0 Å². The molecular weight excluding hydrogens is 427 g/mol. The van der Waals surface area contributed by atoms with Crippen LogP contribution in [0.2, 0.25) is 10.0 Å². The predicted molar refractivity (Wildman–Crippen MR) is 114 cm³/mol. The summed E-state index contributed by atoms with van der Waals surface area (Å²) in [6.07, 6.45) is 0. The normalized spacial score (nSPS) is 16.6. The van der Waals surface area contributed by atoms with Crippen molar-refractivity contribution < 1.29 is 19.1 Å². The summed E-state index contributed by atoms with van der Waals surface area (Å²) < 4.78 is 5.41. The van der Waals surface area contributed by atoms with Crippen molar-refractivity contribution in [2.75, 3.05) is 31.2 Å². The summed E-state index contributed by atoms with van der Waals surface area (Å²) in [4.78, 5) is 42.8. The van der Waals surface area contributed by atoms with E-state index in [9.17, 15) is 14.4 Å². The maximum Gasteiger partial charge on any atom is 0.228 e. The Morgan fingerprint density at radius 1 is 0.967 bits per heavy atom. The summed E-state index contributed by atoms with van der Waals surface area (Å²) in [6, 6.07) is 11.3. The molecule has 2 aromatic carbocycles. The molecule has 8 heteroatoms. The first-order valence-corrected chi connectivity index (χ1v) is 10.2. The molecule has 30 heavy (non-hydrogen) atoms. The zero-order valence-electron chi connectivity index (χ0n) is 16.2. The van der Waals surface area contributed by atoms with Gasteiger partial charge in [-0.1, -0.05) is 47.5 Å². The van der Waals surface area contributed by atoms with Gasteiger partial charge in [-0.15, -0.1) is 0 Å². The van der Waals surface area contributed by atoms with Crippen molar-refractivity contribution in [3.8, 4) is 0 Å². The molecule has 1 saturated heterocycles. The fourth-order valence-corrected chi connectivity index (χ4v) is 4.02. The Balaban J connectivity index is 1.96. The Hall–Kier alpha value is -2.67. The molecule has 2 aromatic rings. The van der Waals surface area contributed by atoms with Gasteiger partial charge in [0.1, 0.15) is 11.4 Å². The minimum absolute atomic E-state index is 0.0199. The van der Waals surface area contributed by atoms with Crippen molar-refractivity contribution in [2.24, 2.45) is 0 Å². The Morgan fingerprint density at radius 2 is 1.60 bits per heavy atom. The average molecular weight is 445 g/mol. The van der Waals surface area contributed by atoms with E-state index in [2.05, 4.69) is 0 Å². The number of halogens is 2. The van der Waals surface area contributed by atoms with Crippen LogP contribution in [0.3, 0.4) is 0 Å². The number of ketones is 2. The average Bonchev–Trinajstić information content (AvgIpc) is 2.75. The zero-order valence-corrected chi connectivity index (χ0v) is 17.7. The smallest absolute Gasteiger partial charge is 0.228 e. The highest BCUT2D eigenvalue weighted by molar-refractivity contribution is 6.42. The number of benzene rings is 2. The number of carbonyl (C=O) groups is 3. The van der Waals surface area contributed by atoms with Crippen molar-refractivity contribution in [3.05, 3.63) is 75.0 Å². The number of fused-ring (bicyclic) bond motifs is 1. The molecule has 0 saturated carbocycles. The molecule has 0 radical (unpaired) electrons. The van der Waals surface area contributed by atoms with Crippen LogP contribution in [-0.2, 0) is 9.53 Å². The molecule has 0 spiro atoms. The number of morpholine rings is 1. The van der Waals surface area contributed by atoms with Crippen molar-refractivity contribution in [1.82, 2.24) is 4.90 Å². The maximum absolute atomic E-state index is 13.6. The minimum Gasteiger partial charge on any atom is -0.378 e. The molecule has 154 valence electrons. The van der Waals surface area contributed by atoms with Crippen LogP contribution in [0.1, 0.15) is 27.6 Å². The number of carbonyl (C=O) groups excluding carboxylic acids is 3. The van der Waals surface area contributed by atoms with Crippen LogP contribution in [-0.4, -0.2) is 48.7 Å². The molecule has 1 amide bonds. The van der Waals surface area contributed by atoms with Gasteiger partial charge in [0.15, 0.2) is 0 Å². The van der Waals surface area contributed by atoms with Gasteiger partial charge in [0.2, 0.25) is 17.5 Å². The molecule has 1 fully saturated rings. The molecule has 6 nitrogen and oxygen atoms in total. The summed E-state index contributed by atoms with van der Waals surface area (Å²) in [5.74, 6) is -1.11. The second kappa shape index (κ2) is 8.22. The number of hydrogen-bond acceptors (Lipinski definition) is 5. The van der Waals surface area contributed by atoms with Crippen LogP contribution in [0.25, 0.3) is 0 Å². The van der Waals surface area contributed by atoms with Crippen molar-refractivity contribution in [1.29, 1.82) is 0 Å². The fourth-order valence-electron chi connectivity index (χ4n) is 3.73. The number of rotatable bonds is 3. The second-order valence-electron chi connectivity index (χ2n) is 6.95. The van der Waals surface area contributed by atoms with Crippen LogP contribution >= 0.6 is 23.2 Å². The summed E-state index contributed by atoms with van der Waals surface area (Å²) in [6.45, 7) is 3.06. The van der Waals surface area contributed by atoms with E-state index in [1.807, 2.05) is 4.90 Å². The highest BCUT2D eigenvalue weighted by atomic mass is 35.5. The van der Waals surface area contributed by atoms with Gasteiger partial charge in [0, 0.05) is 31.1 Å². The quantitative estimate of drug-likeness (QED) is 0.716. The highest BCUT2D eigenvalue weighted by Gasteiger charge is 2.39. The molecular formula is C22H18Cl2N2O4. The number of nitrogens with zero attached hydrogens (tertiary/aromatic N) is 2. The molecule has 0 atom stereocenters. The van der Waals surface area contributed by atoms with Gasteiger partial charge in [0.05, 0.1) is 28.9 Å². The van der Waals surface area contributed by atoms with E-state index in [0.29, 0.717) is 42.6 Å². The first-order chi connectivity index (χ1) is 14.4. The number of allylic oxidation sites excluding steroid dienone is 2. The maximum atomic E-state index is 13.6. The predicted octanol–water partition coefficient (Wildman–Crippen LogP) is 3.97. The van der Waals surface area contributed by atoms with Gasteiger partial charge in [-0.05, 0) is 18.2 Å². The standard InChI is InChI=1S/C22H18Cl2N2O4/c1-13(27)26(14-6-7-17(23)18(24)12-14)20-19(25-8-10-30-11-9-25)21(28)15-4-2-3-5-16(15)22(20)29/h2-7,12H,8-11H2,1H3. The summed E-state index contributed by atoms with van der Waals surface area (Å²) in [7, 11) is 0. The molecule has 1 aliphatic carbocycles. The van der Waals surface area contributed by atoms with Gasteiger partial charge in [-0.25, -0.2) is 0 Å². The summed E-state index contributed by atoms with van der Waals surface area (Å²) >= 11 is 12.2. The van der Waals surface area contributed by atoms with E-state index < -0.39 is 11.7 Å². The monoisotopic (exact) mass is 444 g/mol. The molecule has 1 aliphatic heterocycles. The Labute approximate surface area is 183 Å².